The van der Waals surface area contributed by atoms with Gasteiger partial charge in [-0.25, -0.2) is 4.98 Å². The minimum atomic E-state index is 0.187. The van der Waals surface area contributed by atoms with E-state index >= 15 is 0 Å². The summed E-state index contributed by atoms with van der Waals surface area (Å²) in [6.07, 6.45) is 17.4. The van der Waals surface area contributed by atoms with Crippen LogP contribution < -0.4 is 10.1 Å². The molecule has 1 aromatic heterocycles. The van der Waals surface area contributed by atoms with Crippen molar-refractivity contribution >= 4 is 22.6 Å². The first-order chi connectivity index (χ1) is 19.7. The minimum absolute atomic E-state index is 0.187. The number of nitrogens with zero attached hydrogens (tertiary/aromatic N) is 2. The topological polar surface area (TPSA) is 54.5 Å². The van der Waals surface area contributed by atoms with Gasteiger partial charge in [0, 0.05) is 30.4 Å². The SMILES string of the molecule is O=C(c1cc(NC2CCCC2)nc2ccc(-c3ccc4c(c3)OCC4)cc12)N1CCC[C@H]1CC1CCCCCC1. The Hall–Kier alpha value is -3.08. The highest BCUT2D eigenvalue weighted by Crippen LogP contribution is 2.36. The number of aromatic nitrogens is 1. The van der Waals surface area contributed by atoms with Crippen molar-refractivity contribution in [1.29, 1.82) is 0 Å². The number of pyridine rings is 1. The molecule has 4 aliphatic rings. The number of fused-ring (bicyclic) bond motifs is 2. The highest BCUT2D eigenvalue weighted by atomic mass is 16.5. The summed E-state index contributed by atoms with van der Waals surface area (Å²) in [5.41, 5.74) is 5.21. The van der Waals surface area contributed by atoms with E-state index in [9.17, 15) is 4.79 Å². The average molecular weight is 538 g/mol. The number of benzene rings is 2. The second-order valence-electron chi connectivity index (χ2n) is 12.7. The zero-order chi connectivity index (χ0) is 26.9. The molecule has 0 radical (unpaired) electrons. The Morgan fingerprint density at radius 2 is 1.65 bits per heavy atom. The van der Waals surface area contributed by atoms with Crippen LogP contribution in [0.3, 0.4) is 0 Å². The maximum Gasteiger partial charge on any atom is 0.254 e. The van der Waals surface area contributed by atoms with Crippen LogP contribution in [0.1, 0.15) is 99.4 Å². The number of nitrogens with one attached hydrogen (secondary N) is 1. The molecule has 2 aliphatic heterocycles. The van der Waals surface area contributed by atoms with Crippen molar-refractivity contribution in [1.82, 2.24) is 9.88 Å². The number of likely N-dealkylation sites (tertiary alicyclic amines) is 1. The lowest BCUT2D eigenvalue weighted by Crippen LogP contribution is -2.37. The van der Waals surface area contributed by atoms with Gasteiger partial charge in [-0.3, -0.25) is 4.79 Å². The summed E-state index contributed by atoms with van der Waals surface area (Å²) in [5.74, 6) is 2.79. The van der Waals surface area contributed by atoms with E-state index in [-0.39, 0.29) is 5.91 Å². The van der Waals surface area contributed by atoms with Gasteiger partial charge < -0.3 is 15.0 Å². The van der Waals surface area contributed by atoms with Crippen LogP contribution in [0.4, 0.5) is 5.82 Å². The maximum atomic E-state index is 14.4. The van der Waals surface area contributed by atoms with E-state index in [0.29, 0.717) is 12.1 Å². The zero-order valence-corrected chi connectivity index (χ0v) is 23.8. The minimum Gasteiger partial charge on any atom is -0.493 e. The number of ether oxygens (including phenoxy) is 1. The first-order valence-electron chi connectivity index (χ1n) is 16.0. The molecule has 210 valence electrons. The van der Waals surface area contributed by atoms with E-state index in [4.69, 9.17) is 9.72 Å². The van der Waals surface area contributed by atoms with E-state index in [2.05, 4.69) is 52.7 Å². The second-order valence-corrected chi connectivity index (χ2v) is 12.7. The summed E-state index contributed by atoms with van der Waals surface area (Å²) in [6.45, 7) is 1.63. The summed E-state index contributed by atoms with van der Waals surface area (Å²) < 4.78 is 5.86. The van der Waals surface area contributed by atoms with Crippen molar-refractivity contribution in [2.24, 2.45) is 5.92 Å². The van der Waals surface area contributed by atoms with Crippen LogP contribution >= 0.6 is 0 Å². The Morgan fingerprint density at radius 3 is 2.50 bits per heavy atom. The Kier molecular flexibility index (Phi) is 7.39. The monoisotopic (exact) mass is 537 g/mol. The van der Waals surface area contributed by atoms with Crippen LogP contribution in [0.5, 0.6) is 5.75 Å². The fourth-order valence-electron chi connectivity index (χ4n) is 7.77. The van der Waals surface area contributed by atoms with Gasteiger partial charge in [0.05, 0.1) is 17.7 Å². The third kappa shape index (κ3) is 5.32. The fourth-order valence-corrected chi connectivity index (χ4v) is 7.77. The van der Waals surface area contributed by atoms with Gasteiger partial charge in [-0.2, -0.15) is 0 Å². The van der Waals surface area contributed by atoms with Crippen LogP contribution in [0, 0.1) is 5.92 Å². The van der Waals surface area contributed by atoms with Crippen molar-refractivity contribution < 1.29 is 9.53 Å². The van der Waals surface area contributed by atoms with E-state index in [1.807, 2.05) is 0 Å². The fraction of sp³-hybridized carbons (Fsp3) is 0.543. The summed E-state index contributed by atoms with van der Waals surface area (Å²) in [5, 5.41) is 4.64. The number of carbonyl (C=O) groups excluding carboxylic acids is 1. The van der Waals surface area contributed by atoms with Crippen LogP contribution in [-0.4, -0.2) is 41.0 Å². The lowest BCUT2D eigenvalue weighted by Gasteiger charge is -2.29. The lowest BCUT2D eigenvalue weighted by molar-refractivity contribution is 0.0717. The molecule has 7 rings (SSSR count). The molecule has 3 aromatic rings. The first-order valence-corrected chi connectivity index (χ1v) is 16.0. The highest BCUT2D eigenvalue weighted by molar-refractivity contribution is 6.08. The van der Waals surface area contributed by atoms with Crippen LogP contribution in [0.25, 0.3) is 22.0 Å². The van der Waals surface area contributed by atoms with Gasteiger partial charge in [-0.1, -0.05) is 69.6 Å². The van der Waals surface area contributed by atoms with Crippen LogP contribution in [-0.2, 0) is 6.42 Å². The summed E-state index contributed by atoms with van der Waals surface area (Å²) in [4.78, 5) is 21.7. The standard InChI is InChI=1S/C35H43N3O2/c39-35(38-18-7-12-29(38)20-24-8-3-1-2-4-9-24)31-23-34(36-28-10-5-6-11-28)37-32-16-15-26(21-30(31)32)27-14-13-25-17-19-40-33(25)22-27/h13-16,21-24,28-29H,1-12,17-20H2,(H,36,37)/t29-/m0/s1. The first kappa shape index (κ1) is 25.9. The third-order valence-electron chi connectivity index (χ3n) is 9.99. The normalized spacial score (nSPS) is 21.9. The van der Waals surface area contributed by atoms with E-state index < -0.39 is 0 Å². The van der Waals surface area contributed by atoms with Gasteiger partial charge in [-0.15, -0.1) is 0 Å². The van der Waals surface area contributed by atoms with Gasteiger partial charge in [0.2, 0.25) is 0 Å². The maximum absolute atomic E-state index is 14.4. The quantitative estimate of drug-likeness (QED) is 0.322. The molecule has 2 aliphatic carbocycles. The Labute approximate surface area is 238 Å². The van der Waals surface area contributed by atoms with Crippen molar-refractivity contribution in [3.8, 4) is 16.9 Å². The van der Waals surface area contributed by atoms with Crippen LogP contribution in [0.2, 0.25) is 0 Å². The number of amides is 1. The smallest absolute Gasteiger partial charge is 0.254 e. The lowest BCUT2D eigenvalue weighted by atomic mass is 9.91. The molecular weight excluding hydrogens is 494 g/mol. The highest BCUT2D eigenvalue weighted by Gasteiger charge is 2.33. The molecular formula is C35H43N3O2. The molecule has 3 fully saturated rings. The van der Waals surface area contributed by atoms with Crippen LogP contribution in [0.15, 0.2) is 42.5 Å². The molecule has 1 N–H and O–H groups in total. The molecule has 5 nitrogen and oxygen atoms in total. The Bertz CT molecular complexity index is 1370. The molecule has 0 spiro atoms. The number of hydrogen-bond acceptors (Lipinski definition) is 4. The molecule has 1 saturated heterocycles. The Morgan fingerprint density at radius 1 is 0.875 bits per heavy atom. The molecule has 2 aromatic carbocycles. The van der Waals surface area contributed by atoms with Gasteiger partial charge in [-0.05, 0) is 79.0 Å². The van der Waals surface area contributed by atoms with Gasteiger partial charge in [0.15, 0.2) is 0 Å². The largest absolute Gasteiger partial charge is 0.493 e. The van der Waals surface area contributed by atoms with Crippen molar-refractivity contribution in [3.63, 3.8) is 0 Å². The summed E-state index contributed by atoms with van der Waals surface area (Å²) in [6, 6.07) is 15.8. The van der Waals surface area contributed by atoms with Crippen molar-refractivity contribution in [3.05, 3.63) is 53.6 Å². The average Bonchev–Trinajstić information content (AvgIpc) is 3.72. The van der Waals surface area contributed by atoms with Crippen molar-refractivity contribution in [2.45, 2.75) is 102 Å². The van der Waals surface area contributed by atoms with Gasteiger partial charge >= 0.3 is 0 Å². The summed E-state index contributed by atoms with van der Waals surface area (Å²) >= 11 is 0. The zero-order valence-electron chi connectivity index (χ0n) is 23.8. The molecule has 5 heteroatoms. The molecule has 0 bridgehead atoms. The predicted octanol–water partition coefficient (Wildman–Crippen LogP) is 8.16. The molecule has 1 amide bonds. The molecule has 2 saturated carbocycles. The van der Waals surface area contributed by atoms with E-state index in [1.165, 1.54) is 76.2 Å². The number of anilines is 1. The number of hydrogen-bond donors (Lipinski definition) is 1. The van der Waals surface area contributed by atoms with Gasteiger partial charge in [0.25, 0.3) is 5.91 Å². The van der Waals surface area contributed by atoms with E-state index in [0.717, 1.165) is 77.5 Å². The molecule has 3 heterocycles. The number of rotatable bonds is 6. The number of carbonyl (C=O) groups is 1. The molecule has 0 unspecified atom stereocenters. The van der Waals surface area contributed by atoms with Crippen molar-refractivity contribution in [2.75, 3.05) is 18.5 Å². The van der Waals surface area contributed by atoms with Gasteiger partial charge in [0.1, 0.15) is 11.6 Å². The Balaban J connectivity index is 1.23. The van der Waals surface area contributed by atoms with E-state index in [1.54, 1.807) is 0 Å². The second kappa shape index (κ2) is 11.4. The summed E-state index contributed by atoms with van der Waals surface area (Å²) in [7, 11) is 0. The third-order valence-corrected chi connectivity index (χ3v) is 9.99. The molecule has 40 heavy (non-hydrogen) atoms. The molecule has 1 atom stereocenters. The predicted molar refractivity (Wildman–Crippen MR) is 162 cm³/mol.